The van der Waals surface area contributed by atoms with Gasteiger partial charge in [-0.2, -0.15) is 0 Å². The molecule has 0 atom stereocenters. The first-order chi connectivity index (χ1) is 12.4. The third-order valence-electron chi connectivity index (χ3n) is 3.92. The molecule has 134 valence electrons. The minimum absolute atomic E-state index is 0.165. The standard InChI is InChI=1S/C18H19N5O2S/c1-13-3-4-16(11-14(13)2)26(24,25)23-18-6-5-17(21-22-18)20-12-15-7-9-19-10-8-15/h3-11H,12H2,1-2H3,(H,20,21)(H,22,23). The monoisotopic (exact) mass is 369 g/mol. The van der Waals surface area contributed by atoms with Crippen LogP contribution in [0.2, 0.25) is 0 Å². The molecule has 0 aliphatic heterocycles. The molecule has 0 amide bonds. The van der Waals surface area contributed by atoms with Gasteiger partial charge >= 0.3 is 0 Å². The van der Waals surface area contributed by atoms with Crippen LogP contribution in [-0.4, -0.2) is 23.6 Å². The Kier molecular flexibility index (Phi) is 5.13. The first kappa shape index (κ1) is 17.8. The quantitative estimate of drug-likeness (QED) is 0.693. The van der Waals surface area contributed by atoms with Crippen LogP contribution in [0, 0.1) is 13.8 Å². The fourth-order valence-corrected chi connectivity index (χ4v) is 3.33. The summed E-state index contributed by atoms with van der Waals surface area (Å²) < 4.78 is 27.4. The van der Waals surface area contributed by atoms with E-state index in [0.717, 1.165) is 16.7 Å². The number of nitrogens with zero attached hydrogens (tertiary/aromatic N) is 3. The SMILES string of the molecule is Cc1ccc(S(=O)(=O)Nc2ccc(NCc3ccncc3)nn2)cc1C. The Hall–Kier alpha value is -3.00. The van der Waals surface area contributed by atoms with Gasteiger partial charge in [0.1, 0.15) is 5.82 Å². The maximum Gasteiger partial charge on any atom is 0.263 e. The lowest BCUT2D eigenvalue weighted by atomic mass is 10.1. The first-order valence-electron chi connectivity index (χ1n) is 8.01. The van der Waals surface area contributed by atoms with E-state index in [9.17, 15) is 8.42 Å². The summed E-state index contributed by atoms with van der Waals surface area (Å²) in [4.78, 5) is 4.16. The third-order valence-corrected chi connectivity index (χ3v) is 5.27. The molecule has 0 spiro atoms. The molecule has 0 radical (unpaired) electrons. The van der Waals surface area contributed by atoms with E-state index in [2.05, 4.69) is 25.2 Å². The van der Waals surface area contributed by atoms with E-state index < -0.39 is 10.0 Å². The molecule has 0 aliphatic carbocycles. The molecule has 2 aromatic heterocycles. The van der Waals surface area contributed by atoms with Gasteiger partial charge in [0.25, 0.3) is 10.0 Å². The minimum Gasteiger partial charge on any atom is -0.365 e. The number of hydrogen-bond donors (Lipinski definition) is 2. The lowest BCUT2D eigenvalue weighted by Crippen LogP contribution is -2.15. The van der Waals surface area contributed by atoms with Gasteiger partial charge in [0.15, 0.2) is 5.82 Å². The zero-order valence-corrected chi connectivity index (χ0v) is 15.3. The Morgan fingerprint density at radius 3 is 2.23 bits per heavy atom. The lowest BCUT2D eigenvalue weighted by molar-refractivity contribution is 0.601. The Morgan fingerprint density at radius 2 is 1.58 bits per heavy atom. The molecule has 8 heteroatoms. The molecule has 0 fully saturated rings. The summed E-state index contributed by atoms with van der Waals surface area (Å²) in [5.41, 5.74) is 3.00. The molecule has 2 N–H and O–H groups in total. The number of rotatable bonds is 6. The van der Waals surface area contributed by atoms with Crippen LogP contribution in [0.4, 0.5) is 11.6 Å². The van der Waals surface area contributed by atoms with Gasteiger partial charge in [0, 0.05) is 18.9 Å². The van der Waals surface area contributed by atoms with Crippen LogP contribution in [0.3, 0.4) is 0 Å². The Labute approximate surface area is 152 Å². The second-order valence-corrected chi connectivity index (χ2v) is 7.55. The Balaban J connectivity index is 1.67. The summed E-state index contributed by atoms with van der Waals surface area (Å²) in [6.45, 7) is 4.38. The van der Waals surface area contributed by atoms with Crippen LogP contribution in [0.1, 0.15) is 16.7 Å². The maximum atomic E-state index is 12.5. The molecule has 0 unspecified atom stereocenters. The maximum absolute atomic E-state index is 12.5. The van der Waals surface area contributed by atoms with Gasteiger partial charge in [-0.15, -0.1) is 10.2 Å². The van der Waals surface area contributed by atoms with Gasteiger partial charge in [-0.05, 0) is 66.9 Å². The van der Waals surface area contributed by atoms with Crippen LogP contribution in [-0.2, 0) is 16.6 Å². The summed E-state index contributed by atoms with van der Waals surface area (Å²) in [6.07, 6.45) is 3.43. The fraction of sp³-hybridized carbons (Fsp3) is 0.167. The molecule has 7 nitrogen and oxygen atoms in total. The van der Waals surface area contributed by atoms with E-state index in [1.165, 1.54) is 0 Å². The highest BCUT2D eigenvalue weighted by molar-refractivity contribution is 7.92. The van der Waals surface area contributed by atoms with Gasteiger partial charge < -0.3 is 5.32 Å². The van der Waals surface area contributed by atoms with Gasteiger partial charge in [0.2, 0.25) is 0 Å². The lowest BCUT2D eigenvalue weighted by Gasteiger charge is -2.09. The van der Waals surface area contributed by atoms with Gasteiger partial charge in [-0.1, -0.05) is 6.07 Å². The zero-order valence-electron chi connectivity index (χ0n) is 14.5. The molecule has 2 heterocycles. The second-order valence-electron chi connectivity index (χ2n) is 5.86. The van der Waals surface area contributed by atoms with Crippen molar-refractivity contribution in [2.24, 2.45) is 0 Å². The average Bonchev–Trinajstić information content (AvgIpc) is 2.64. The van der Waals surface area contributed by atoms with Crippen molar-refractivity contribution >= 4 is 21.7 Å². The van der Waals surface area contributed by atoms with Gasteiger partial charge in [-0.3, -0.25) is 9.71 Å². The van der Waals surface area contributed by atoms with E-state index in [0.29, 0.717) is 12.4 Å². The van der Waals surface area contributed by atoms with Crippen molar-refractivity contribution in [2.45, 2.75) is 25.3 Å². The molecular formula is C18H19N5O2S. The number of anilines is 2. The predicted octanol–water partition coefficient (Wildman–Crippen LogP) is 2.90. The number of benzene rings is 1. The number of nitrogens with one attached hydrogen (secondary N) is 2. The molecular weight excluding hydrogens is 350 g/mol. The van der Waals surface area contributed by atoms with Crippen molar-refractivity contribution in [3.8, 4) is 0 Å². The van der Waals surface area contributed by atoms with Crippen LogP contribution in [0.25, 0.3) is 0 Å². The second kappa shape index (κ2) is 7.49. The van der Waals surface area contributed by atoms with E-state index in [1.807, 2.05) is 26.0 Å². The van der Waals surface area contributed by atoms with Gasteiger partial charge in [0.05, 0.1) is 4.90 Å². The number of aromatic nitrogens is 3. The number of sulfonamides is 1. The van der Waals surface area contributed by atoms with E-state index in [-0.39, 0.29) is 10.7 Å². The third kappa shape index (κ3) is 4.34. The molecule has 0 aliphatic rings. The van der Waals surface area contributed by atoms with Crippen molar-refractivity contribution in [3.05, 3.63) is 71.5 Å². The number of pyridine rings is 1. The normalized spacial score (nSPS) is 11.2. The summed E-state index contributed by atoms with van der Waals surface area (Å²) in [6, 6.07) is 12.0. The van der Waals surface area contributed by atoms with Crippen LogP contribution in [0.15, 0.2) is 59.8 Å². The highest BCUT2D eigenvalue weighted by Crippen LogP contribution is 2.18. The highest BCUT2D eigenvalue weighted by Gasteiger charge is 2.15. The van der Waals surface area contributed by atoms with E-state index >= 15 is 0 Å². The summed E-state index contributed by atoms with van der Waals surface area (Å²) in [5.74, 6) is 0.716. The van der Waals surface area contributed by atoms with Crippen molar-refractivity contribution < 1.29 is 8.42 Å². The smallest absolute Gasteiger partial charge is 0.263 e. The molecule has 26 heavy (non-hydrogen) atoms. The van der Waals surface area contributed by atoms with Crippen molar-refractivity contribution in [1.29, 1.82) is 0 Å². The van der Waals surface area contributed by atoms with Crippen LogP contribution in [0.5, 0.6) is 0 Å². The zero-order chi connectivity index (χ0) is 18.6. The Bertz CT molecular complexity index is 990. The fourth-order valence-electron chi connectivity index (χ4n) is 2.25. The minimum atomic E-state index is -3.70. The highest BCUT2D eigenvalue weighted by atomic mass is 32.2. The van der Waals surface area contributed by atoms with Gasteiger partial charge in [-0.25, -0.2) is 8.42 Å². The average molecular weight is 369 g/mol. The number of hydrogen-bond acceptors (Lipinski definition) is 6. The predicted molar refractivity (Wildman–Crippen MR) is 100 cm³/mol. The first-order valence-corrected chi connectivity index (χ1v) is 9.49. The number of aryl methyl sites for hydroxylation is 2. The largest absolute Gasteiger partial charge is 0.365 e. The summed E-state index contributed by atoms with van der Waals surface area (Å²) >= 11 is 0. The van der Waals surface area contributed by atoms with Crippen molar-refractivity contribution in [3.63, 3.8) is 0 Å². The van der Waals surface area contributed by atoms with E-state index in [4.69, 9.17) is 0 Å². The molecule has 0 saturated heterocycles. The topological polar surface area (TPSA) is 96.9 Å². The molecule has 3 rings (SSSR count). The van der Waals surface area contributed by atoms with Crippen LogP contribution >= 0.6 is 0 Å². The molecule has 1 aromatic carbocycles. The van der Waals surface area contributed by atoms with Crippen molar-refractivity contribution in [1.82, 2.24) is 15.2 Å². The summed E-state index contributed by atoms with van der Waals surface area (Å²) in [7, 11) is -3.70. The van der Waals surface area contributed by atoms with Crippen molar-refractivity contribution in [2.75, 3.05) is 10.0 Å². The molecule has 3 aromatic rings. The Morgan fingerprint density at radius 1 is 0.885 bits per heavy atom. The molecule has 0 bridgehead atoms. The summed E-state index contributed by atoms with van der Waals surface area (Å²) in [5, 5.41) is 11.0. The van der Waals surface area contributed by atoms with Crippen LogP contribution < -0.4 is 10.0 Å². The molecule has 0 saturated carbocycles. The van der Waals surface area contributed by atoms with E-state index in [1.54, 1.807) is 42.7 Å².